The molecule has 0 amide bonds. The van der Waals surface area contributed by atoms with Crippen molar-refractivity contribution in [1.82, 2.24) is 4.98 Å². The first kappa shape index (κ1) is 14.6. The van der Waals surface area contributed by atoms with Crippen LogP contribution in [0.25, 0.3) is 0 Å². The van der Waals surface area contributed by atoms with Crippen LogP contribution in [-0.4, -0.2) is 32.2 Å². The van der Waals surface area contributed by atoms with Gasteiger partial charge in [0.25, 0.3) is 0 Å². The minimum atomic E-state index is -0.474. The molecule has 0 N–H and O–H groups in total. The molecule has 0 saturated heterocycles. The number of nitrogens with zero attached hydrogens (tertiary/aromatic N) is 2. The standard InChI is InChI=1S/C15H16N2O4/c1-17(21-15(18)11-6-8-16-9-7-11)13-5-4-12(19-2)10-14(13)20-3/h4-10H,1-3H3. The number of pyridine rings is 1. The topological polar surface area (TPSA) is 60.9 Å². The van der Waals surface area contributed by atoms with Gasteiger partial charge in [-0.1, -0.05) is 0 Å². The number of aromatic nitrogens is 1. The van der Waals surface area contributed by atoms with Gasteiger partial charge in [0.2, 0.25) is 0 Å². The Balaban J connectivity index is 2.17. The summed E-state index contributed by atoms with van der Waals surface area (Å²) in [5.74, 6) is 0.724. The van der Waals surface area contributed by atoms with Crippen molar-refractivity contribution in [2.45, 2.75) is 0 Å². The number of methoxy groups -OCH3 is 2. The lowest BCUT2D eigenvalue weighted by atomic mass is 10.2. The Hall–Kier alpha value is -2.76. The Morgan fingerprint density at radius 1 is 1.10 bits per heavy atom. The maximum atomic E-state index is 12.0. The van der Waals surface area contributed by atoms with Gasteiger partial charge >= 0.3 is 5.97 Å². The molecule has 0 unspecified atom stereocenters. The molecule has 1 heterocycles. The molecule has 0 spiro atoms. The maximum absolute atomic E-state index is 12.0. The minimum Gasteiger partial charge on any atom is -0.497 e. The van der Waals surface area contributed by atoms with Crippen molar-refractivity contribution in [2.24, 2.45) is 0 Å². The Bertz CT molecular complexity index is 616. The quantitative estimate of drug-likeness (QED) is 0.787. The van der Waals surface area contributed by atoms with Gasteiger partial charge in [-0.05, 0) is 24.3 Å². The highest BCUT2D eigenvalue weighted by atomic mass is 16.7. The molecule has 0 atom stereocenters. The van der Waals surface area contributed by atoms with Gasteiger partial charge in [0.05, 0.1) is 19.8 Å². The van der Waals surface area contributed by atoms with Crippen LogP contribution in [0.1, 0.15) is 10.4 Å². The number of carbonyl (C=O) groups excluding carboxylic acids is 1. The van der Waals surface area contributed by atoms with Crippen LogP contribution in [0.3, 0.4) is 0 Å². The second-order valence-corrected chi connectivity index (χ2v) is 4.15. The highest BCUT2D eigenvalue weighted by Crippen LogP contribution is 2.31. The second-order valence-electron chi connectivity index (χ2n) is 4.15. The van der Waals surface area contributed by atoms with Crippen LogP contribution in [0, 0.1) is 0 Å². The molecule has 0 aliphatic carbocycles. The van der Waals surface area contributed by atoms with E-state index in [4.69, 9.17) is 14.3 Å². The van der Waals surface area contributed by atoms with Crippen LogP contribution in [0.15, 0.2) is 42.7 Å². The fourth-order valence-electron chi connectivity index (χ4n) is 1.76. The molecule has 1 aromatic carbocycles. The van der Waals surface area contributed by atoms with E-state index in [1.54, 1.807) is 44.5 Å². The summed E-state index contributed by atoms with van der Waals surface area (Å²) in [7, 11) is 4.74. The highest BCUT2D eigenvalue weighted by molar-refractivity contribution is 5.89. The van der Waals surface area contributed by atoms with Crippen molar-refractivity contribution in [1.29, 1.82) is 0 Å². The smallest absolute Gasteiger partial charge is 0.363 e. The number of benzene rings is 1. The summed E-state index contributed by atoms with van der Waals surface area (Å²) >= 11 is 0. The number of rotatable bonds is 5. The number of hydroxylamine groups is 1. The third-order valence-corrected chi connectivity index (χ3v) is 2.86. The van der Waals surface area contributed by atoms with Crippen LogP contribution >= 0.6 is 0 Å². The molecule has 21 heavy (non-hydrogen) atoms. The van der Waals surface area contributed by atoms with E-state index in [2.05, 4.69) is 4.98 Å². The molecule has 0 fully saturated rings. The number of hydrogen-bond donors (Lipinski definition) is 0. The predicted octanol–water partition coefficient (Wildman–Crippen LogP) is 2.31. The molecule has 0 aliphatic rings. The van der Waals surface area contributed by atoms with E-state index < -0.39 is 5.97 Å². The van der Waals surface area contributed by atoms with Gasteiger partial charge in [-0.2, -0.15) is 0 Å². The minimum absolute atomic E-state index is 0.421. The third kappa shape index (κ3) is 3.42. The van der Waals surface area contributed by atoms with E-state index >= 15 is 0 Å². The van der Waals surface area contributed by atoms with Gasteiger partial charge in [0, 0.05) is 25.5 Å². The summed E-state index contributed by atoms with van der Waals surface area (Å²) in [6.45, 7) is 0. The van der Waals surface area contributed by atoms with Crippen molar-refractivity contribution in [2.75, 3.05) is 26.3 Å². The molecule has 0 radical (unpaired) electrons. The maximum Gasteiger partial charge on any atom is 0.363 e. The Morgan fingerprint density at radius 3 is 2.43 bits per heavy atom. The van der Waals surface area contributed by atoms with E-state index in [0.717, 1.165) is 0 Å². The fourth-order valence-corrected chi connectivity index (χ4v) is 1.76. The summed E-state index contributed by atoms with van der Waals surface area (Å²) in [4.78, 5) is 21.1. The molecule has 110 valence electrons. The van der Waals surface area contributed by atoms with Crippen LogP contribution in [0.4, 0.5) is 5.69 Å². The average Bonchev–Trinajstić information content (AvgIpc) is 2.54. The van der Waals surface area contributed by atoms with Crippen LogP contribution < -0.4 is 14.5 Å². The normalized spacial score (nSPS) is 9.86. The molecule has 2 rings (SSSR count). The molecule has 2 aromatic rings. The van der Waals surface area contributed by atoms with Crippen molar-refractivity contribution < 1.29 is 19.1 Å². The first-order valence-electron chi connectivity index (χ1n) is 6.23. The number of hydrogen-bond acceptors (Lipinski definition) is 6. The summed E-state index contributed by atoms with van der Waals surface area (Å²) < 4.78 is 10.4. The lowest BCUT2D eigenvalue weighted by Crippen LogP contribution is -2.23. The Labute approximate surface area is 122 Å². The average molecular weight is 288 g/mol. The van der Waals surface area contributed by atoms with Crippen molar-refractivity contribution in [3.8, 4) is 11.5 Å². The molecule has 1 aromatic heterocycles. The van der Waals surface area contributed by atoms with Crippen LogP contribution in [0.5, 0.6) is 11.5 Å². The molecule has 6 heteroatoms. The summed E-state index contributed by atoms with van der Waals surface area (Å²) in [6.07, 6.45) is 3.06. The summed E-state index contributed by atoms with van der Waals surface area (Å²) in [6, 6.07) is 8.39. The SMILES string of the molecule is COc1ccc(N(C)OC(=O)c2ccncc2)c(OC)c1. The number of carbonyl (C=O) groups is 1. The fraction of sp³-hybridized carbons (Fsp3) is 0.200. The Kier molecular flexibility index (Phi) is 4.61. The first-order valence-corrected chi connectivity index (χ1v) is 6.23. The zero-order chi connectivity index (χ0) is 15.2. The lowest BCUT2D eigenvalue weighted by Gasteiger charge is -2.20. The first-order chi connectivity index (χ1) is 10.2. The number of ether oxygens (including phenoxy) is 2. The second kappa shape index (κ2) is 6.60. The van der Waals surface area contributed by atoms with Gasteiger partial charge in [-0.25, -0.2) is 9.86 Å². The molecule has 0 saturated carbocycles. The molecular formula is C15H16N2O4. The molecule has 0 aliphatic heterocycles. The van der Waals surface area contributed by atoms with E-state index in [1.807, 2.05) is 0 Å². The van der Waals surface area contributed by atoms with Gasteiger partial charge in [-0.15, -0.1) is 0 Å². The zero-order valence-corrected chi connectivity index (χ0v) is 12.1. The van der Waals surface area contributed by atoms with Gasteiger partial charge < -0.3 is 14.3 Å². The van der Waals surface area contributed by atoms with Gasteiger partial charge in [0.15, 0.2) is 0 Å². The molecule has 6 nitrogen and oxygen atoms in total. The molecule has 0 bridgehead atoms. The van der Waals surface area contributed by atoms with E-state index in [-0.39, 0.29) is 0 Å². The third-order valence-electron chi connectivity index (χ3n) is 2.86. The van der Waals surface area contributed by atoms with E-state index in [0.29, 0.717) is 22.7 Å². The largest absolute Gasteiger partial charge is 0.497 e. The van der Waals surface area contributed by atoms with Crippen LogP contribution in [0.2, 0.25) is 0 Å². The monoisotopic (exact) mass is 288 g/mol. The van der Waals surface area contributed by atoms with Crippen molar-refractivity contribution in [3.05, 3.63) is 48.3 Å². The van der Waals surface area contributed by atoms with Gasteiger partial charge in [0.1, 0.15) is 17.2 Å². The van der Waals surface area contributed by atoms with Crippen molar-refractivity contribution >= 4 is 11.7 Å². The number of anilines is 1. The predicted molar refractivity (Wildman–Crippen MR) is 77.6 cm³/mol. The summed E-state index contributed by atoms with van der Waals surface area (Å²) in [5.41, 5.74) is 1.03. The lowest BCUT2D eigenvalue weighted by molar-refractivity contribution is 0.0476. The summed E-state index contributed by atoms with van der Waals surface area (Å²) in [5, 5.41) is 1.35. The van der Waals surface area contributed by atoms with Crippen LogP contribution in [-0.2, 0) is 4.84 Å². The van der Waals surface area contributed by atoms with Gasteiger partial charge in [-0.3, -0.25) is 4.98 Å². The van der Waals surface area contributed by atoms with Crippen molar-refractivity contribution in [3.63, 3.8) is 0 Å². The highest BCUT2D eigenvalue weighted by Gasteiger charge is 2.15. The zero-order valence-electron chi connectivity index (χ0n) is 12.1. The molecular weight excluding hydrogens is 272 g/mol. The van der Waals surface area contributed by atoms with E-state index in [1.165, 1.54) is 24.6 Å². The Morgan fingerprint density at radius 2 is 1.81 bits per heavy atom. The van der Waals surface area contributed by atoms with E-state index in [9.17, 15) is 4.79 Å².